The molecule has 0 aromatic heterocycles. The van der Waals surface area contributed by atoms with Crippen LogP contribution in [0.1, 0.15) is 36.8 Å². The number of ketones is 1. The van der Waals surface area contributed by atoms with Gasteiger partial charge in [0.2, 0.25) is 0 Å². The van der Waals surface area contributed by atoms with Crippen LogP contribution in [0, 0.1) is 5.92 Å². The van der Waals surface area contributed by atoms with Crippen molar-refractivity contribution in [2.75, 3.05) is 6.61 Å². The van der Waals surface area contributed by atoms with Gasteiger partial charge in [-0.05, 0) is 36.6 Å². The number of hydrogen-bond acceptors (Lipinski definition) is 4. The third-order valence-corrected chi connectivity index (χ3v) is 5.18. The fourth-order valence-electron chi connectivity index (χ4n) is 3.69. The van der Waals surface area contributed by atoms with Crippen LogP contribution in [0.25, 0.3) is 0 Å². The number of esters is 1. The summed E-state index contributed by atoms with van der Waals surface area (Å²) in [6.45, 7) is 1.93. The lowest BCUT2D eigenvalue weighted by Gasteiger charge is -2.40. The average molecular weight is 373 g/mol. The molecule has 1 fully saturated rings. The molecule has 0 spiro atoms. The Hall–Kier alpha value is -2.17. The fourth-order valence-corrected chi connectivity index (χ4v) is 3.82. The summed E-state index contributed by atoms with van der Waals surface area (Å²) in [5, 5.41) is 11.8. The van der Waals surface area contributed by atoms with Gasteiger partial charge in [0.15, 0.2) is 5.78 Å². The Labute approximate surface area is 157 Å². The standard InChI is InChI=1S/C21H21ClO4/c1-2-26-20(24)19-17(14-6-4-3-5-7-14)12-21(25,13-18(19)23)15-8-10-16(22)11-9-15/h3-11,17,19,25H,2,12-13H2,1H3/t17-,19-,21-/m0/s1. The maximum atomic E-state index is 12.9. The first-order valence-electron chi connectivity index (χ1n) is 8.67. The molecule has 1 saturated carbocycles. The summed E-state index contributed by atoms with van der Waals surface area (Å²) in [7, 11) is 0. The minimum atomic E-state index is -1.34. The van der Waals surface area contributed by atoms with Crippen molar-refractivity contribution in [1.29, 1.82) is 0 Å². The Kier molecular flexibility index (Phi) is 5.44. The van der Waals surface area contributed by atoms with Crippen LogP contribution in [-0.2, 0) is 19.9 Å². The van der Waals surface area contributed by atoms with E-state index in [4.69, 9.17) is 16.3 Å². The Balaban J connectivity index is 2.00. The van der Waals surface area contributed by atoms with E-state index in [0.29, 0.717) is 10.6 Å². The number of benzene rings is 2. The van der Waals surface area contributed by atoms with Gasteiger partial charge in [0.05, 0.1) is 12.2 Å². The van der Waals surface area contributed by atoms with E-state index >= 15 is 0 Å². The van der Waals surface area contributed by atoms with Crippen LogP contribution in [0.4, 0.5) is 0 Å². The second-order valence-corrected chi connectivity index (χ2v) is 7.07. The molecule has 0 bridgehead atoms. The highest BCUT2D eigenvalue weighted by atomic mass is 35.5. The van der Waals surface area contributed by atoms with Crippen molar-refractivity contribution < 1.29 is 19.4 Å². The van der Waals surface area contributed by atoms with Crippen LogP contribution < -0.4 is 0 Å². The summed E-state index contributed by atoms with van der Waals surface area (Å²) in [4.78, 5) is 25.3. The Bertz CT molecular complexity index is 787. The van der Waals surface area contributed by atoms with Crippen molar-refractivity contribution in [3.63, 3.8) is 0 Å². The first-order chi connectivity index (χ1) is 12.4. The summed E-state index contributed by atoms with van der Waals surface area (Å²) in [5.41, 5.74) is 0.120. The summed E-state index contributed by atoms with van der Waals surface area (Å²) in [6, 6.07) is 16.2. The molecule has 3 rings (SSSR count). The largest absolute Gasteiger partial charge is 0.465 e. The van der Waals surface area contributed by atoms with E-state index in [1.807, 2.05) is 30.3 Å². The normalized spacial score (nSPS) is 25.7. The molecule has 4 nitrogen and oxygen atoms in total. The monoisotopic (exact) mass is 372 g/mol. The molecule has 0 saturated heterocycles. The van der Waals surface area contributed by atoms with Gasteiger partial charge in [-0.1, -0.05) is 54.1 Å². The van der Waals surface area contributed by atoms with Crippen LogP contribution in [-0.4, -0.2) is 23.5 Å². The van der Waals surface area contributed by atoms with Gasteiger partial charge in [0, 0.05) is 17.4 Å². The number of halogens is 1. The predicted octanol–water partition coefficient (Wildman–Crippen LogP) is 3.85. The molecular weight excluding hydrogens is 352 g/mol. The number of aliphatic hydroxyl groups is 1. The van der Waals surface area contributed by atoms with Gasteiger partial charge in [-0.2, -0.15) is 0 Å². The van der Waals surface area contributed by atoms with E-state index in [9.17, 15) is 14.7 Å². The summed E-state index contributed by atoms with van der Waals surface area (Å²) < 4.78 is 5.13. The molecule has 26 heavy (non-hydrogen) atoms. The van der Waals surface area contributed by atoms with E-state index in [1.54, 1.807) is 31.2 Å². The molecule has 1 aliphatic carbocycles. The first-order valence-corrected chi connectivity index (χ1v) is 9.05. The lowest BCUT2D eigenvalue weighted by molar-refractivity contribution is -0.158. The third-order valence-electron chi connectivity index (χ3n) is 4.92. The van der Waals surface area contributed by atoms with Crippen molar-refractivity contribution >= 4 is 23.4 Å². The smallest absolute Gasteiger partial charge is 0.317 e. The van der Waals surface area contributed by atoms with Gasteiger partial charge in [-0.15, -0.1) is 0 Å². The molecule has 1 aliphatic rings. The number of Topliss-reactive ketones (excluding diaryl/α,β-unsaturated/α-hetero) is 1. The van der Waals surface area contributed by atoms with Gasteiger partial charge in [-0.3, -0.25) is 9.59 Å². The van der Waals surface area contributed by atoms with Crippen molar-refractivity contribution in [3.05, 3.63) is 70.7 Å². The molecule has 136 valence electrons. The average Bonchev–Trinajstić information content (AvgIpc) is 2.62. The van der Waals surface area contributed by atoms with Gasteiger partial charge < -0.3 is 9.84 Å². The zero-order valence-corrected chi connectivity index (χ0v) is 15.3. The van der Waals surface area contributed by atoms with Gasteiger partial charge in [-0.25, -0.2) is 0 Å². The van der Waals surface area contributed by atoms with E-state index in [-0.39, 0.29) is 25.2 Å². The molecule has 2 aromatic rings. The molecule has 0 unspecified atom stereocenters. The third kappa shape index (κ3) is 3.67. The minimum Gasteiger partial charge on any atom is -0.465 e. The van der Waals surface area contributed by atoms with Crippen LogP contribution in [0.15, 0.2) is 54.6 Å². The van der Waals surface area contributed by atoms with Crippen LogP contribution in [0.5, 0.6) is 0 Å². The van der Waals surface area contributed by atoms with Crippen molar-refractivity contribution in [2.24, 2.45) is 5.92 Å². The highest BCUT2D eigenvalue weighted by Crippen LogP contribution is 2.46. The molecule has 0 aliphatic heterocycles. The molecule has 2 aromatic carbocycles. The maximum Gasteiger partial charge on any atom is 0.317 e. The summed E-state index contributed by atoms with van der Waals surface area (Å²) in [6.07, 6.45) is 0.134. The molecule has 5 heteroatoms. The number of rotatable bonds is 4. The molecule has 0 heterocycles. The van der Waals surface area contributed by atoms with Crippen molar-refractivity contribution in [1.82, 2.24) is 0 Å². The number of carbonyl (C=O) groups is 2. The van der Waals surface area contributed by atoms with Crippen LogP contribution in [0.2, 0.25) is 5.02 Å². The number of ether oxygens (including phenoxy) is 1. The molecule has 3 atom stereocenters. The predicted molar refractivity (Wildman–Crippen MR) is 98.9 cm³/mol. The topological polar surface area (TPSA) is 63.6 Å². The fraction of sp³-hybridized carbons (Fsp3) is 0.333. The highest BCUT2D eigenvalue weighted by Gasteiger charge is 2.49. The molecule has 0 amide bonds. The van der Waals surface area contributed by atoms with Gasteiger partial charge in [0.1, 0.15) is 5.92 Å². The van der Waals surface area contributed by atoms with Crippen LogP contribution in [0.3, 0.4) is 0 Å². The summed E-state index contributed by atoms with van der Waals surface area (Å²) >= 11 is 5.94. The van der Waals surface area contributed by atoms with E-state index in [1.165, 1.54) is 0 Å². The maximum absolute atomic E-state index is 12.9. The quantitative estimate of drug-likeness (QED) is 0.654. The Morgan fingerprint density at radius 2 is 1.85 bits per heavy atom. The van der Waals surface area contributed by atoms with Crippen LogP contribution >= 0.6 is 11.6 Å². The van der Waals surface area contributed by atoms with E-state index in [0.717, 1.165) is 5.56 Å². The lowest BCUT2D eigenvalue weighted by atomic mass is 9.66. The first kappa shape index (κ1) is 18.6. The zero-order chi connectivity index (χ0) is 18.7. The Morgan fingerprint density at radius 1 is 1.19 bits per heavy atom. The minimum absolute atomic E-state index is 0.124. The lowest BCUT2D eigenvalue weighted by Crippen LogP contribution is -2.45. The second-order valence-electron chi connectivity index (χ2n) is 6.63. The Morgan fingerprint density at radius 3 is 2.46 bits per heavy atom. The van der Waals surface area contributed by atoms with Crippen molar-refractivity contribution in [3.8, 4) is 0 Å². The highest BCUT2D eigenvalue weighted by molar-refractivity contribution is 6.30. The molecular formula is C21H21ClO4. The SMILES string of the molecule is CCOC(=O)[C@@H]1C(=O)C[C@](O)(c2ccc(Cl)cc2)C[C@H]1c1ccccc1. The van der Waals surface area contributed by atoms with E-state index < -0.39 is 23.4 Å². The molecule has 1 N–H and O–H groups in total. The molecule has 0 radical (unpaired) electrons. The number of hydrogen-bond donors (Lipinski definition) is 1. The van der Waals surface area contributed by atoms with Gasteiger partial charge >= 0.3 is 5.97 Å². The van der Waals surface area contributed by atoms with E-state index in [2.05, 4.69) is 0 Å². The summed E-state index contributed by atoms with van der Waals surface area (Å²) in [5.74, 6) is -2.17. The van der Waals surface area contributed by atoms with Gasteiger partial charge in [0.25, 0.3) is 0 Å². The second kappa shape index (κ2) is 7.60. The zero-order valence-electron chi connectivity index (χ0n) is 14.5. The number of carbonyl (C=O) groups excluding carboxylic acids is 2. The van der Waals surface area contributed by atoms with Crippen molar-refractivity contribution in [2.45, 2.75) is 31.3 Å².